The van der Waals surface area contributed by atoms with Crippen molar-refractivity contribution in [3.63, 3.8) is 0 Å². The summed E-state index contributed by atoms with van der Waals surface area (Å²) < 4.78 is 0. The number of anilines is 4. The Balaban J connectivity index is 1.72. The van der Waals surface area contributed by atoms with Crippen molar-refractivity contribution in [1.29, 1.82) is 0 Å². The number of nitrogens with zero attached hydrogens (tertiary/aromatic N) is 4. The van der Waals surface area contributed by atoms with E-state index in [1.165, 1.54) is 16.8 Å². The Morgan fingerprint density at radius 1 is 1.12 bits per heavy atom. The van der Waals surface area contributed by atoms with Gasteiger partial charge in [0, 0.05) is 37.9 Å². The minimum Gasteiger partial charge on any atom is -0.393 e. The largest absolute Gasteiger partial charge is 0.393 e. The van der Waals surface area contributed by atoms with E-state index < -0.39 is 0 Å². The first-order chi connectivity index (χ1) is 12.5. The van der Waals surface area contributed by atoms with Crippen LogP contribution in [0.5, 0.6) is 0 Å². The Kier molecular flexibility index (Phi) is 5.49. The zero-order valence-corrected chi connectivity index (χ0v) is 16.3. The smallest absolute Gasteiger partial charge is 0.157 e. The molecule has 0 saturated carbocycles. The van der Waals surface area contributed by atoms with E-state index in [1.807, 2.05) is 0 Å². The monoisotopic (exact) mass is 354 g/mol. The molecule has 1 aromatic heterocycles. The summed E-state index contributed by atoms with van der Waals surface area (Å²) in [7, 11) is 0. The molecular formula is C20H30N6. The fraction of sp³-hybridized carbons (Fsp3) is 0.500. The third-order valence-corrected chi connectivity index (χ3v) is 5.35. The van der Waals surface area contributed by atoms with Crippen molar-refractivity contribution in [2.45, 2.75) is 40.2 Å². The van der Waals surface area contributed by atoms with Crippen molar-refractivity contribution in [3.8, 4) is 0 Å². The number of hydrogen-bond acceptors (Lipinski definition) is 6. The average Bonchev–Trinajstić information content (AvgIpc) is 2.66. The van der Waals surface area contributed by atoms with E-state index in [0.29, 0.717) is 11.7 Å². The van der Waals surface area contributed by atoms with Gasteiger partial charge >= 0.3 is 0 Å². The summed E-state index contributed by atoms with van der Waals surface area (Å²) in [5.41, 5.74) is 11.0. The summed E-state index contributed by atoms with van der Waals surface area (Å²) in [4.78, 5) is 13.5. The van der Waals surface area contributed by atoms with Gasteiger partial charge in [-0.25, -0.2) is 9.97 Å². The molecule has 1 unspecified atom stereocenters. The number of benzene rings is 1. The average molecular weight is 355 g/mol. The molecule has 2 aromatic rings. The standard InChI is InChI=1S/C20H30N6/c1-5-15(3)24-19-18(21)20(23-13-22-19)26-11-9-25(10-12-26)17-8-6-7-14(2)16(17)4/h6-8,13,15H,5,9-12,21H2,1-4H3,(H,22,23,24). The first-order valence-electron chi connectivity index (χ1n) is 9.44. The molecule has 0 radical (unpaired) electrons. The predicted molar refractivity (Wildman–Crippen MR) is 110 cm³/mol. The van der Waals surface area contributed by atoms with Gasteiger partial charge in [-0.15, -0.1) is 0 Å². The third kappa shape index (κ3) is 3.69. The highest BCUT2D eigenvalue weighted by Gasteiger charge is 2.22. The van der Waals surface area contributed by atoms with Crippen LogP contribution in [0.3, 0.4) is 0 Å². The molecule has 3 N–H and O–H groups in total. The zero-order chi connectivity index (χ0) is 18.7. The van der Waals surface area contributed by atoms with Crippen molar-refractivity contribution in [3.05, 3.63) is 35.7 Å². The maximum atomic E-state index is 6.36. The SMILES string of the molecule is CCC(C)Nc1ncnc(N2CCN(c3cccc(C)c3C)CC2)c1N. The summed E-state index contributed by atoms with van der Waals surface area (Å²) >= 11 is 0. The number of hydrogen-bond donors (Lipinski definition) is 2. The van der Waals surface area contributed by atoms with E-state index in [0.717, 1.165) is 44.2 Å². The molecule has 6 nitrogen and oxygen atoms in total. The number of aromatic nitrogens is 2. The van der Waals surface area contributed by atoms with Crippen LogP contribution < -0.4 is 20.9 Å². The Bertz CT molecular complexity index is 752. The second kappa shape index (κ2) is 7.81. The summed E-state index contributed by atoms with van der Waals surface area (Å²) in [6, 6.07) is 6.86. The normalized spacial score (nSPS) is 15.8. The minimum atomic E-state index is 0.334. The molecule has 1 atom stereocenters. The number of nitrogens with one attached hydrogen (secondary N) is 1. The van der Waals surface area contributed by atoms with Crippen LogP contribution >= 0.6 is 0 Å². The van der Waals surface area contributed by atoms with Crippen LogP contribution in [0.2, 0.25) is 0 Å². The number of nitrogen functional groups attached to an aromatic ring is 1. The van der Waals surface area contributed by atoms with Crippen molar-refractivity contribution in [1.82, 2.24) is 9.97 Å². The molecule has 1 aromatic carbocycles. The van der Waals surface area contributed by atoms with Crippen LogP contribution in [-0.4, -0.2) is 42.2 Å². The van der Waals surface area contributed by atoms with Crippen molar-refractivity contribution >= 4 is 23.0 Å². The molecule has 1 aliphatic heterocycles. The van der Waals surface area contributed by atoms with Crippen LogP contribution in [0.1, 0.15) is 31.4 Å². The summed E-state index contributed by atoms with van der Waals surface area (Å²) in [5, 5.41) is 3.37. The quantitative estimate of drug-likeness (QED) is 0.859. The number of piperazine rings is 1. The van der Waals surface area contributed by atoms with Gasteiger partial charge in [0.25, 0.3) is 0 Å². The van der Waals surface area contributed by atoms with Crippen molar-refractivity contribution in [2.75, 3.05) is 47.0 Å². The van der Waals surface area contributed by atoms with Gasteiger partial charge < -0.3 is 20.9 Å². The van der Waals surface area contributed by atoms with E-state index in [9.17, 15) is 0 Å². The summed E-state index contributed by atoms with van der Waals surface area (Å²) in [6.45, 7) is 12.4. The maximum absolute atomic E-state index is 6.36. The molecule has 0 aliphatic carbocycles. The molecule has 2 heterocycles. The van der Waals surface area contributed by atoms with Gasteiger partial charge in [0.1, 0.15) is 12.0 Å². The van der Waals surface area contributed by atoms with Crippen molar-refractivity contribution < 1.29 is 0 Å². The van der Waals surface area contributed by atoms with Crippen LogP contribution in [0.15, 0.2) is 24.5 Å². The minimum absolute atomic E-state index is 0.334. The molecule has 6 heteroatoms. The van der Waals surface area contributed by atoms with Gasteiger partial charge in [-0.2, -0.15) is 0 Å². The molecule has 1 aliphatic rings. The Morgan fingerprint density at radius 2 is 1.81 bits per heavy atom. The van der Waals surface area contributed by atoms with Gasteiger partial charge in [-0.3, -0.25) is 0 Å². The van der Waals surface area contributed by atoms with E-state index in [2.05, 4.69) is 71.0 Å². The molecule has 3 rings (SSSR count). The zero-order valence-electron chi connectivity index (χ0n) is 16.3. The number of rotatable bonds is 5. The third-order valence-electron chi connectivity index (χ3n) is 5.35. The van der Waals surface area contributed by atoms with Crippen LogP contribution in [0, 0.1) is 13.8 Å². The lowest BCUT2D eigenvalue weighted by molar-refractivity contribution is 0.646. The Hall–Kier alpha value is -2.50. The fourth-order valence-corrected chi connectivity index (χ4v) is 3.33. The van der Waals surface area contributed by atoms with E-state index in [1.54, 1.807) is 6.33 Å². The Morgan fingerprint density at radius 3 is 2.50 bits per heavy atom. The first kappa shape index (κ1) is 18.3. The van der Waals surface area contributed by atoms with Gasteiger partial charge in [0.05, 0.1) is 0 Å². The lowest BCUT2D eigenvalue weighted by atomic mass is 10.1. The van der Waals surface area contributed by atoms with Gasteiger partial charge in [-0.1, -0.05) is 19.1 Å². The van der Waals surface area contributed by atoms with Crippen LogP contribution in [0.4, 0.5) is 23.0 Å². The molecule has 0 spiro atoms. The summed E-state index contributed by atoms with van der Waals surface area (Å²) in [6.07, 6.45) is 2.63. The van der Waals surface area contributed by atoms with Gasteiger partial charge in [0.15, 0.2) is 11.6 Å². The van der Waals surface area contributed by atoms with Crippen molar-refractivity contribution in [2.24, 2.45) is 0 Å². The molecule has 0 bridgehead atoms. The second-order valence-electron chi connectivity index (χ2n) is 7.11. The van der Waals surface area contributed by atoms with Crippen LogP contribution in [0.25, 0.3) is 0 Å². The number of aryl methyl sites for hydroxylation is 1. The summed E-state index contributed by atoms with van der Waals surface area (Å²) in [5.74, 6) is 1.58. The number of nitrogens with two attached hydrogens (primary N) is 1. The lowest BCUT2D eigenvalue weighted by Crippen LogP contribution is -2.47. The molecule has 1 saturated heterocycles. The van der Waals surface area contributed by atoms with Gasteiger partial charge in [-0.05, 0) is 44.4 Å². The second-order valence-corrected chi connectivity index (χ2v) is 7.11. The molecule has 26 heavy (non-hydrogen) atoms. The lowest BCUT2D eigenvalue weighted by Gasteiger charge is -2.38. The molecule has 0 amide bonds. The predicted octanol–water partition coefficient (Wildman–Crippen LogP) is 3.21. The highest BCUT2D eigenvalue weighted by atomic mass is 15.3. The highest BCUT2D eigenvalue weighted by molar-refractivity contribution is 5.75. The fourth-order valence-electron chi connectivity index (χ4n) is 3.33. The molecule has 1 fully saturated rings. The molecular weight excluding hydrogens is 324 g/mol. The highest BCUT2D eigenvalue weighted by Crippen LogP contribution is 2.29. The molecule has 140 valence electrons. The maximum Gasteiger partial charge on any atom is 0.157 e. The van der Waals surface area contributed by atoms with E-state index >= 15 is 0 Å². The van der Waals surface area contributed by atoms with E-state index in [4.69, 9.17) is 5.73 Å². The van der Waals surface area contributed by atoms with E-state index in [-0.39, 0.29) is 0 Å². The van der Waals surface area contributed by atoms with Crippen LogP contribution in [-0.2, 0) is 0 Å². The van der Waals surface area contributed by atoms with Gasteiger partial charge in [0.2, 0.25) is 0 Å². The Labute approximate surface area is 156 Å². The topological polar surface area (TPSA) is 70.3 Å². The first-order valence-corrected chi connectivity index (χ1v) is 9.44.